The highest BCUT2D eigenvalue weighted by molar-refractivity contribution is 6.23. The van der Waals surface area contributed by atoms with E-state index in [0.29, 0.717) is 17.5 Å². The van der Waals surface area contributed by atoms with Gasteiger partial charge in [-0.2, -0.15) is 0 Å². The zero-order chi connectivity index (χ0) is 34.5. The molecule has 0 saturated carbocycles. The van der Waals surface area contributed by atoms with Crippen LogP contribution in [-0.2, 0) is 30.3 Å². The van der Waals surface area contributed by atoms with Crippen LogP contribution in [0.5, 0.6) is 0 Å². The molecule has 4 rings (SSSR count). The van der Waals surface area contributed by atoms with Crippen LogP contribution >= 0.6 is 0 Å². The topological polar surface area (TPSA) is 122 Å². The van der Waals surface area contributed by atoms with Crippen molar-refractivity contribution in [3.05, 3.63) is 83.4 Å². The third-order valence-corrected chi connectivity index (χ3v) is 8.14. The van der Waals surface area contributed by atoms with Gasteiger partial charge < -0.3 is 14.4 Å². The van der Waals surface area contributed by atoms with E-state index in [1.807, 2.05) is 68.4 Å². The molecule has 1 heterocycles. The van der Waals surface area contributed by atoms with E-state index in [0.717, 1.165) is 21.2 Å². The highest BCUT2D eigenvalue weighted by Gasteiger charge is 2.39. The van der Waals surface area contributed by atoms with Gasteiger partial charge >= 0.3 is 11.9 Å². The molecule has 10 heteroatoms. The minimum atomic E-state index is -1.04. The SMILES string of the molecule is COC(=O)[C@H](Cc1ccccc1)N(C)C(=O)[C@H](CC(C)C)N[C@H](CCN1C(=O)c2cc3ccccc3cc2C1=O)C(=O)OC(C)(C)C. The molecule has 0 bridgehead atoms. The van der Waals surface area contributed by atoms with Gasteiger partial charge in [0.2, 0.25) is 5.91 Å². The van der Waals surface area contributed by atoms with E-state index in [1.165, 1.54) is 12.0 Å². The molecule has 1 aliphatic rings. The summed E-state index contributed by atoms with van der Waals surface area (Å²) in [6.45, 7) is 9.06. The average Bonchev–Trinajstić information content (AvgIpc) is 3.26. The molecule has 0 unspecified atom stereocenters. The van der Waals surface area contributed by atoms with Crippen molar-refractivity contribution in [2.75, 3.05) is 20.7 Å². The minimum Gasteiger partial charge on any atom is -0.467 e. The number of methoxy groups -OCH3 is 1. The van der Waals surface area contributed by atoms with Crippen LogP contribution in [0, 0.1) is 5.92 Å². The van der Waals surface area contributed by atoms with Gasteiger partial charge in [-0.05, 0) is 68.0 Å². The van der Waals surface area contributed by atoms with Crippen LogP contribution in [0.15, 0.2) is 66.7 Å². The fraction of sp³-hybridized carbons (Fsp3) is 0.432. The van der Waals surface area contributed by atoms with Crippen LogP contribution in [0.1, 0.15) is 73.7 Å². The van der Waals surface area contributed by atoms with Gasteiger partial charge in [-0.3, -0.25) is 29.4 Å². The number of likely N-dealkylation sites (N-methyl/N-ethyl adjacent to an activating group) is 1. The molecule has 3 aromatic carbocycles. The number of nitrogens with one attached hydrogen (secondary N) is 1. The first-order chi connectivity index (χ1) is 22.2. The van der Waals surface area contributed by atoms with E-state index < -0.39 is 53.4 Å². The maximum atomic E-state index is 14.1. The first-order valence-electron chi connectivity index (χ1n) is 16.0. The predicted molar refractivity (Wildman–Crippen MR) is 179 cm³/mol. The Morgan fingerprint density at radius 1 is 0.851 bits per heavy atom. The Morgan fingerprint density at radius 3 is 1.91 bits per heavy atom. The lowest BCUT2D eigenvalue weighted by atomic mass is 9.99. The molecule has 0 aliphatic carbocycles. The van der Waals surface area contributed by atoms with Gasteiger partial charge in [0.05, 0.1) is 24.3 Å². The number of esters is 2. The highest BCUT2D eigenvalue weighted by atomic mass is 16.6. The van der Waals surface area contributed by atoms with Crippen molar-refractivity contribution in [3.63, 3.8) is 0 Å². The fourth-order valence-corrected chi connectivity index (χ4v) is 5.79. The van der Waals surface area contributed by atoms with Gasteiger partial charge in [-0.15, -0.1) is 0 Å². The number of hydrogen-bond acceptors (Lipinski definition) is 8. The zero-order valence-electron chi connectivity index (χ0n) is 28.2. The zero-order valence-corrected chi connectivity index (χ0v) is 28.2. The molecule has 1 N–H and O–H groups in total. The second-order valence-electron chi connectivity index (χ2n) is 13.4. The first kappa shape index (κ1) is 35.3. The Labute approximate surface area is 276 Å². The van der Waals surface area contributed by atoms with E-state index in [1.54, 1.807) is 40.0 Å². The number of benzene rings is 3. The van der Waals surface area contributed by atoms with Gasteiger partial charge in [0.25, 0.3) is 11.8 Å². The van der Waals surface area contributed by atoms with Gasteiger partial charge in [0.15, 0.2) is 0 Å². The molecule has 0 spiro atoms. The number of carbonyl (C=O) groups excluding carboxylic acids is 5. The van der Waals surface area contributed by atoms with Crippen molar-refractivity contribution in [2.45, 2.75) is 77.6 Å². The maximum Gasteiger partial charge on any atom is 0.328 e. The van der Waals surface area contributed by atoms with Gasteiger partial charge in [-0.25, -0.2) is 4.79 Å². The van der Waals surface area contributed by atoms with Crippen LogP contribution in [0.25, 0.3) is 10.8 Å². The molecule has 0 radical (unpaired) electrons. The fourth-order valence-electron chi connectivity index (χ4n) is 5.79. The molecule has 3 aromatic rings. The summed E-state index contributed by atoms with van der Waals surface area (Å²) in [5.41, 5.74) is 0.665. The molecule has 0 aromatic heterocycles. The largest absolute Gasteiger partial charge is 0.467 e. The quantitative estimate of drug-likeness (QED) is 0.209. The lowest BCUT2D eigenvalue weighted by molar-refractivity contribution is -0.159. The molecule has 47 heavy (non-hydrogen) atoms. The Hall–Kier alpha value is -4.57. The van der Waals surface area contributed by atoms with Crippen molar-refractivity contribution in [1.82, 2.24) is 15.1 Å². The minimum absolute atomic E-state index is 0.00986. The summed E-state index contributed by atoms with van der Waals surface area (Å²) in [5, 5.41) is 4.89. The molecule has 0 saturated heterocycles. The van der Waals surface area contributed by atoms with Crippen molar-refractivity contribution in [1.29, 1.82) is 0 Å². The first-order valence-corrected chi connectivity index (χ1v) is 16.0. The lowest BCUT2D eigenvalue weighted by Gasteiger charge is -2.33. The Bertz CT molecular complexity index is 1580. The van der Waals surface area contributed by atoms with Gasteiger partial charge in [-0.1, -0.05) is 68.4 Å². The molecule has 1 aliphatic heterocycles. The number of carbonyl (C=O) groups is 5. The molecule has 250 valence electrons. The highest BCUT2D eigenvalue weighted by Crippen LogP contribution is 2.28. The van der Waals surface area contributed by atoms with Crippen LogP contribution in [0.2, 0.25) is 0 Å². The monoisotopic (exact) mass is 643 g/mol. The second kappa shape index (κ2) is 14.9. The van der Waals surface area contributed by atoms with E-state index >= 15 is 0 Å². The molecular formula is C37H45N3O7. The van der Waals surface area contributed by atoms with Crippen molar-refractivity contribution in [3.8, 4) is 0 Å². The van der Waals surface area contributed by atoms with Gasteiger partial charge in [0, 0.05) is 20.0 Å². The third kappa shape index (κ3) is 8.62. The Balaban J connectivity index is 1.58. The number of imide groups is 1. The van der Waals surface area contributed by atoms with Crippen molar-refractivity contribution in [2.24, 2.45) is 5.92 Å². The van der Waals surface area contributed by atoms with Crippen LogP contribution in [0.4, 0.5) is 0 Å². The van der Waals surface area contributed by atoms with E-state index in [9.17, 15) is 24.0 Å². The second-order valence-corrected chi connectivity index (χ2v) is 13.4. The van der Waals surface area contributed by atoms with Crippen LogP contribution < -0.4 is 5.32 Å². The molecule has 3 atom stereocenters. The number of fused-ring (bicyclic) bond motifs is 2. The number of nitrogens with zero attached hydrogens (tertiary/aromatic N) is 2. The standard InChI is InChI=1S/C37H45N3O7/c1-23(2)19-30(34(43)39(6)31(36(45)46-7)20-24-13-9-8-10-14-24)38-29(35(44)47-37(3,4)5)17-18-40-32(41)27-21-25-15-11-12-16-26(25)22-28(27)33(40)42/h8-16,21-23,29-31,38H,17-20H2,1-7H3/t29-,30+,31+/m1/s1. The smallest absolute Gasteiger partial charge is 0.328 e. The van der Waals surface area contributed by atoms with E-state index in [-0.39, 0.29) is 25.3 Å². The summed E-state index contributed by atoms with van der Waals surface area (Å²) in [4.78, 5) is 69.9. The Kier molecular flexibility index (Phi) is 11.2. The van der Waals surface area contributed by atoms with Gasteiger partial charge in [0.1, 0.15) is 17.7 Å². The average molecular weight is 644 g/mol. The number of ether oxygens (including phenoxy) is 2. The van der Waals surface area contributed by atoms with Crippen molar-refractivity contribution < 1.29 is 33.4 Å². The third-order valence-electron chi connectivity index (χ3n) is 8.14. The number of amides is 3. The maximum absolute atomic E-state index is 14.1. The number of rotatable bonds is 13. The van der Waals surface area contributed by atoms with E-state index in [4.69, 9.17) is 9.47 Å². The summed E-state index contributed by atoms with van der Waals surface area (Å²) in [5.74, 6) is -2.40. The lowest BCUT2D eigenvalue weighted by Crippen LogP contribution is -2.56. The summed E-state index contributed by atoms with van der Waals surface area (Å²) in [6, 6.07) is 17.4. The summed E-state index contributed by atoms with van der Waals surface area (Å²) in [7, 11) is 2.83. The van der Waals surface area contributed by atoms with Crippen LogP contribution in [0.3, 0.4) is 0 Å². The van der Waals surface area contributed by atoms with Crippen LogP contribution in [-0.4, -0.2) is 83.9 Å². The molecule has 3 amide bonds. The summed E-state index contributed by atoms with van der Waals surface area (Å²) < 4.78 is 10.8. The predicted octanol–water partition coefficient (Wildman–Crippen LogP) is 4.78. The summed E-state index contributed by atoms with van der Waals surface area (Å²) in [6.07, 6.45) is 0.603. The normalized spacial score (nSPS) is 14.9. The summed E-state index contributed by atoms with van der Waals surface area (Å²) >= 11 is 0. The molecular weight excluding hydrogens is 598 g/mol. The Morgan fingerprint density at radius 2 is 1.40 bits per heavy atom. The number of hydrogen-bond donors (Lipinski definition) is 1. The molecule has 10 nitrogen and oxygen atoms in total. The van der Waals surface area contributed by atoms with E-state index in [2.05, 4.69) is 5.32 Å². The van der Waals surface area contributed by atoms with Crippen molar-refractivity contribution >= 4 is 40.4 Å². The molecule has 0 fully saturated rings.